The van der Waals surface area contributed by atoms with Crippen LogP contribution >= 0.6 is 0 Å². The number of hydrogen-bond acceptors (Lipinski definition) is 4. The van der Waals surface area contributed by atoms with Gasteiger partial charge in [-0.2, -0.15) is 0 Å². The fourth-order valence-corrected chi connectivity index (χ4v) is 3.29. The molecule has 0 unspecified atom stereocenters. The molecule has 0 radical (unpaired) electrons. The van der Waals surface area contributed by atoms with Crippen LogP contribution < -0.4 is 4.74 Å². The Morgan fingerprint density at radius 2 is 2.17 bits per heavy atom. The molecule has 0 saturated carbocycles. The smallest absolute Gasteiger partial charge is 0.165 e. The number of fused-ring (bicyclic) bond motifs is 1. The molecule has 124 valence electrons. The molecule has 5 heteroatoms. The average Bonchev–Trinajstić information content (AvgIpc) is 3.05. The molecule has 3 rings (SSSR count). The normalized spacial score (nSPS) is 16.8. The zero-order valence-corrected chi connectivity index (χ0v) is 14.0. The Balaban J connectivity index is 1.59. The van der Waals surface area contributed by atoms with Crippen molar-refractivity contribution < 1.29 is 9.53 Å². The summed E-state index contributed by atoms with van der Waals surface area (Å²) in [4.78, 5) is 22.4. The molecular weight excluding hydrogens is 290 g/mol. The molecule has 1 N–H and O–H groups in total. The Labute approximate surface area is 137 Å². The van der Waals surface area contributed by atoms with Crippen molar-refractivity contribution in [2.75, 3.05) is 26.7 Å². The fourth-order valence-electron chi connectivity index (χ4n) is 3.29. The second-order valence-corrected chi connectivity index (χ2v) is 6.49. The van der Waals surface area contributed by atoms with E-state index in [-0.39, 0.29) is 5.78 Å². The predicted octanol–water partition coefficient (Wildman–Crippen LogP) is 3.27. The van der Waals surface area contributed by atoms with Crippen molar-refractivity contribution in [2.45, 2.75) is 32.6 Å². The van der Waals surface area contributed by atoms with Crippen LogP contribution in [0.1, 0.15) is 43.0 Å². The van der Waals surface area contributed by atoms with Crippen LogP contribution in [0.5, 0.6) is 5.75 Å². The van der Waals surface area contributed by atoms with Crippen LogP contribution in [-0.4, -0.2) is 47.4 Å². The zero-order chi connectivity index (χ0) is 16.2. The van der Waals surface area contributed by atoms with Gasteiger partial charge in [0.05, 0.1) is 13.4 Å². The van der Waals surface area contributed by atoms with E-state index in [0.717, 1.165) is 30.1 Å². The zero-order valence-electron chi connectivity index (χ0n) is 14.0. The summed E-state index contributed by atoms with van der Waals surface area (Å²) in [6.07, 6.45) is 5.64. The number of carbonyl (C=O) groups excluding carboxylic acids is 1. The third-order valence-electron chi connectivity index (χ3n) is 4.82. The summed E-state index contributed by atoms with van der Waals surface area (Å²) in [5.41, 5.74) is 2.19. The highest BCUT2D eigenvalue weighted by molar-refractivity contribution is 6.07. The fraction of sp³-hybridized carbons (Fsp3) is 0.556. The largest absolute Gasteiger partial charge is 0.494 e. The van der Waals surface area contributed by atoms with Crippen molar-refractivity contribution in [3.8, 4) is 5.75 Å². The summed E-state index contributed by atoms with van der Waals surface area (Å²) in [5.74, 6) is 1.73. The maximum atomic E-state index is 12.5. The number of Topliss-reactive ketones (excluding diaryl/α,β-unsaturated/α-hetero) is 1. The number of likely N-dealkylation sites (tertiary alicyclic amines) is 1. The maximum Gasteiger partial charge on any atom is 0.165 e. The first-order valence-corrected chi connectivity index (χ1v) is 8.44. The minimum atomic E-state index is 0.162. The van der Waals surface area contributed by atoms with E-state index < -0.39 is 0 Å². The molecule has 2 heterocycles. The molecular formula is C18H25N3O2. The van der Waals surface area contributed by atoms with Gasteiger partial charge < -0.3 is 14.6 Å². The number of methoxy groups -OCH3 is 1. The summed E-state index contributed by atoms with van der Waals surface area (Å²) in [6, 6.07) is 3.66. The number of aromatic amines is 1. The molecule has 0 bridgehead atoms. The molecule has 1 aromatic heterocycles. The van der Waals surface area contributed by atoms with Gasteiger partial charge in [0.2, 0.25) is 0 Å². The molecule has 1 fully saturated rings. The lowest BCUT2D eigenvalue weighted by Crippen LogP contribution is -2.33. The number of ether oxygens (including phenoxy) is 1. The second-order valence-electron chi connectivity index (χ2n) is 6.49. The van der Waals surface area contributed by atoms with Crippen LogP contribution in [0.2, 0.25) is 0 Å². The summed E-state index contributed by atoms with van der Waals surface area (Å²) >= 11 is 0. The van der Waals surface area contributed by atoms with Crippen LogP contribution in [0.15, 0.2) is 18.5 Å². The summed E-state index contributed by atoms with van der Waals surface area (Å²) in [7, 11) is 1.62. The van der Waals surface area contributed by atoms with E-state index in [4.69, 9.17) is 4.74 Å². The Morgan fingerprint density at radius 1 is 1.39 bits per heavy atom. The molecule has 1 saturated heterocycles. The number of carbonyl (C=O) groups is 1. The molecule has 0 aliphatic carbocycles. The first-order valence-electron chi connectivity index (χ1n) is 8.44. The Kier molecular flexibility index (Phi) is 4.96. The highest BCUT2D eigenvalue weighted by Crippen LogP contribution is 2.26. The van der Waals surface area contributed by atoms with Crippen molar-refractivity contribution in [2.24, 2.45) is 5.92 Å². The highest BCUT2D eigenvalue weighted by atomic mass is 16.5. The van der Waals surface area contributed by atoms with Crippen LogP contribution in [0.25, 0.3) is 11.0 Å². The SMILES string of the molecule is COc1ccc(C(=O)CCCN2CCC(C)CC2)c2nc[nH]c12. The number of rotatable bonds is 6. The van der Waals surface area contributed by atoms with Crippen molar-refractivity contribution in [3.63, 3.8) is 0 Å². The van der Waals surface area contributed by atoms with E-state index in [9.17, 15) is 4.79 Å². The van der Waals surface area contributed by atoms with Gasteiger partial charge in [-0.3, -0.25) is 4.79 Å². The van der Waals surface area contributed by atoms with Crippen molar-refractivity contribution in [3.05, 3.63) is 24.0 Å². The number of hydrogen-bond donors (Lipinski definition) is 1. The van der Waals surface area contributed by atoms with Crippen LogP contribution in [0.3, 0.4) is 0 Å². The lowest BCUT2D eigenvalue weighted by atomic mass is 9.98. The highest BCUT2D eigenvalue weighted by Gasteiger charge is 2.17. The number of nitrogens with one attached hydrogen (secondary N) is 1. The third kappa shape index (κ3) is 3.55. The predicted molar refractivity (Wildman–Crippen MR) is 91.0 cm³/mol. The van der Waals surface area contributed by atoms with Crippen LogP contribution in [-0.2, 0) is 0 Å². The van der Waals surface area contributed by atoms with Gasteiger partial charge in [-0.15, -0.1) is 0 Å². The Morgan fingerprint density at radius 3 is 2.91 bits per heavy atom. The summed E-state index contributed by atoms with van der Waals surface area (Å²) < 4.78 is 5.30. The van der Waals surface area contributed by atoms with Gasteiger partial charge in [0.15, 0.2) is 5.78 Å². The minimum Gasteiger partial charge on any atom is -0.494 e. The molecule has 0 amide bonds. The first kappa shape index (κ1) is 16.0. The summed E-state index contributed by atoms with van der Waals surface area (Å²) in [6.45, 7) is 5.67. The van der Waals surface area contributed by atoms with Gasteiger partial charge in [-0.05, 0) is 56.9 Å². The van der Waals surface area contributed by atoms with E-state index >= 15 is 0 Å². The van der Waals surface area contributed by atoms with Crippen LogP contribution in [0.4, 0.5) is 0 Å². The lowest BCUT2D eigenvalue weighted by molar-refractivity contribution is 0.0972. The van der Waals surface area contributed by atoms with E-state index in [0.29, 0.717) is 17.5 Å². The topological polar surface area (TPSA) is 58.2 Å². The first-order chi connectivity index (χ1) is 11.2. The minimum absolute atomic E-state index is 0.162. The van der Waals surface area contributed by atoms with E-state index in [1.807, 2.05) is 12.1 Å². The third-order valence-corrected chi connectivity index (χ3v) is 4.82. The van der Waals surface area contributed by atoms with Gasteiger partial charge in [0.1, 0.15) is 16.8 Å². The monoisotopic (exact) mass is 315 g/mol. The van der Waals surface area contributed by atoms with Gasteiger partial charge in [-0.1, -0.05) is 6.92 Å². The van der Waals surface area contributed by atoms with Crippen molar-refractivity contribution in [1.29, 1.82) is 0 Å². The number of imidazole rings is 1. The standard InChI is InChI=1S/C18H25N3O2/c1-13-7-10-21(11-8-13)9-3-4-15(22)14-5-6-16(23-2)18-17(14)19-12-20-18/h5-6,12-13H,3-4,7-11H2,1-2H3,(H,19,20). The average molecular weight is 315 g/mol. The molecule has 1 aliphatic rings. The van der Waals surface area contributed by atoms with Crippen molar-refractivity contribution in [1.82, 2.24) is 14.9 Å². The Hall–Kier alpha value is -1.88. The van der Waals surface area contributed by atoms with E-state index in [2.05, 4.69) is 21.8 Å². The molecule has 23 heavy (non-hydrogen) atoms. The number of H-pyrrole nitrogens is 1. The van der Waals surface area contributed by atoms with Crippen molar-refractivity contribution >= 4 is 16.8 Å². The van der Waals surface area contributed by atoms with Gasteiger partial charge in [0, 0.05) is 12.0 Å². The Bertz CT molecular complexity index is 672. The molecule has 1 aromatic carbocycles. The van der Waals surface area contributed by atoms with Crippen LogP contribution in [0, 0.1) is 5.92 Å². The quantitative estimate of drug-likeness (QED) is 0.831. The number of nitrogens with zero attached hydrogens (tertiary/aromatic N) is 2. The molecule has 0 spiro atoms. The molecule has 5 nitrogen and oxygen atoms in total. The second kappa shape index (κ2) is 7.13. The number of ketones is 1. The van der Waals surface area contributed by atoms with E-state index in [1.165, 1.54) is 25.9 Å². The maximum absolute atomic E-state index is 12.5. The molecule has 1 aliphatic heterocycles. The lowest BCUT2D eigenvalue weighted by Gasteiger charge is -2.29. The summed E-state index contributed by atoms with van der Waals surface area (Å²) in [5, 5.41) is 0. The molecule has 2 aromatic rings. The van der Waals surface area contributed by atoms with E-state index in [1.54, 1.807) is 13.4 Å². The number of benzene rings is 1. The molecule has 0 atom stereocenters. The van der Waals surface area contributed by atoms with Gasteiger partial charge in [-0.25, -0.2) is 4.98 Å². The van der Waals surface area contributed by atoms with Gasteiger partial charge >= 0.3 is 0 Å². The number of piperidine rings is 1. The van der Waals surface area contributed by atoms with Gasteiger partial charge in [0.25, 0.3) is 0 Å². The number of aromatic nitrogens is 2.